The van der Waals surface area contributed by atoms with Gasteiger partial charge in [0.2, 0.25) is 0 Å². The Bertz CT molecular complexity index is 419. The highest BCUT2D eigenvalue weighted by atomic mass is 79.9. The number of aliphatic hydroxyl groups excluding tert-OH is 2. The fraction of sp³-hybridized carbons (Fsp3) is 0.462. The third kappa shape index (κ3) is 3.31. The molecule has 0 aliphatic heterocycles. The first-order valence-electron chi connectivity index (χ1n) is 5.62. The number of ether oxygens (including phenoxy) is 1. The van der Waals surface area contributed by atoms with Crippen LogP contribution in [0.25, 0.3) is 0 Å². The normalized spacial score (nSPS) is 14.1. The summed E-state index contributed by atoms with van der Waals surface area (Å²) in [5, 5.41) is 20.4. The van der Waals surface area contributed by atoms with Crippen LogP contribution in [0, 0.1) is 6.92 Å². The molecule has 0 saturated carbocycles. The van der Waals surface area contributed by atoms with Crippen LogP contribution in [0.2, 0.25) is 0 Å². The average Bonchev–Trinajstić information content (AvgIpc) is 2.37. The zero-order chi connectivity index (χ0) is 13.7. The van der Waals surface area contributed by atoms with Crippen LogP contribution < -0.4 is 0 Å². The van der Waals surface area contributed by atoms with E-state index < -0.39 is 18.2 Å². The van der Waals surface area contributed by atoms with Gasteiger partial charge in [-0.1, -0.05) is 28.1 Å². The summed E-state index contributed by atoms with van der Waals surface area (Å²) >= 11 is 3.21. The van der Waals surface area contributed by atoms with Gasteiger partial charge in [-0.2, -0.15) is 0 Å². The highest BCUT2D eigenvalue weighted by Gasteiger charge is 2.22. The smallest absolute Gasteiger partial charge is 0.338 e. The predicted octanol–water partition coefficient (Wildman–Crippen LogP) is 1.96. The lowest BCUT2D eigenvalue weighted by Gasteiger charge is -2.20. The molecule has 0 bridgehead atoms. The molecule has 0 saturated heterocycles. The van der Waals surface area contributed by atoms with Gasteiger partial charge in [0.15, 0.2) is 0 Å². The van der Waals surface area contributed by atoms with E-state index in [-0.39, 0.29) is 0 Å². The number of carbonyl (C=O) groups excluding carboxylic acids is 1. The van der Waals surface area contributed by atoms with Crippen LogP contribution in [0.5, 0.6) is 0 Å². The second kappa shape index (κ2) is 6.87. The molecule has 100 valence electrons. The SMILES string of the molecule is COC(=O)c1cccc(C(O)C(O)CCBr)c1C. The molecule has 2 N–H and O–H groups in total. The summed E-state index contributed by atoms with van der Waals surface area (Å²) < 4.78 is 4.67. The highest BCUT2D eigenvalue weighted by molar-refractivity contribution is 9.09. The Balaban J connectivity index is 3.06. The van der Waals surface area contributed by atoms with Crippen LogP contribution in [0.1, 0.15) is 34.0 Å². The molecule has 1 rings (SSSR count). The first-order valence-corrected chi connectivity index (χ1v) is 6.75. The van der Waals surface area contributed by atoms with Crippen LogP contribution in [0.15, 0.2) is 18.2 Å². The Morgan fingerprint density at radius 3 is 2.67 bits per heavy atom. The maximum atomic E-state index is 11.5. The molecular formula is C13H17BrO4. The van der Waals surface area contributed by atoms with E-state index in [0.717, 1.165) is 0 Å². The van der Waals surface area contributed by atoms with Gasteiger partial charge in [-0.05, 0) is 30.5 Å². The van der Waals surface area contributed by atoms with E-state index in [9.17, 15) is 15.0 Å². The van der Waals surface area contributed by atoms with Crippen LogP contribution in [-0.4, -0.2) is 34.7 Å². The topological polar surface area (TPSA) is 66.8 Å². The molecule has 0 aliphatic rings. The van der Waals surface area contributed by atoms with Crippen LogP contribution >= 0.6 is 15.9 Å². The summed E-state index contributed by atoms with van der Waals surface area (Å²) in [5.41, 5.74) is 1.58. The quantitative estimate of drug-likeness (QED) is 0.643. The highest BCUT2D eigenvalue weighted by Crippen LogP contribution is 2.25. The Labute approximate surface area is 115 Å². The van der Waals surface area contributed by atoms with Crippen molar-refractivity contribution in [1.29, 1.82) is 0 Å². The fourth-order valence-corrected chi connectivity index (χ4v) is 2.25. The number of hydrogen-bond donors (Lipinski definition) is 2. The molecule has 18 heavy (non-hydrogen) atoms. The van der Waals surface area contributed by atoms with Crippen molar-refractivity contribution in [3.05, 3.63) is 34.9 Å². The first kappa shape index (κ1) is 15.1. The Hall–Kier alpha value is -0.910. The largest absolute Gasteiger partial charge is 0.465 e. The molecule has 2 atom stereocenters. The van der Waals surface area contributed by atoms with Crippen molar-refractivity contribution in [3.63, 3.8) is 0 Å². The summed E-state index contributed by atoms with van der Waals surface area (Å²) in [4.78, 5) is 11.5. The Kier molecular flexibility index (Phi) is 5.78. The summed E-state index contributed by atoms with van der Waals surface area (Å²) in [6, 6.07) is 5.00. The van der Waals surface area contributed by atoms with Gasteiger partial charge in [-0.25, -0.2) is 4.79 Å². The Morgan fingerprint density at radius 1 is 1.44 bits per heavy atom. The molecule has 0 radical (unpaired) electrons. The van der Waals surface area contributed by atoms with Crippen molar-refractivity contribution >= 4 is 21.9 Å². The maximum absolute atomic E-state index is 11.5. The lowest BCUT2D eigenvalue weighted by molar-refractivity contribution is 0.0169. The van der Waals surface area contributed by atoms with Crippen molar-refractivity contribution in [3.8, 4) is 0 Å². The zero-order valence-corrected chi connectivity index (χ0v) is 12.0. The number of alkyl halides is 1. The molecule has 4 nitrogen and oxygen atoms in total. The Morgan fingerprint density at radius 2 is 2.11 bits per heavy atom. The number of benzene rings is 1. The third-order valence-corrected chi connectivity index (χ3v) is 3.33. The van der Waals surface area contributed by atoms with Crippen molar-refractivity contribution in [2.24, 2.45) is 0 Å². The van der Waals surface area contributed by atoms with E-state index >= 15 is 0 Å². The van der Waals surface area contributed by atoms with Crippen LogP contribution in [0.4, 0.5) is 0 Å². The van der Waals surface area contributed by atoms with Gasteiger partial charge in [0.1, 0.15) is 6.10 Å². The van der Waals surface area contributed by atoms with E-state index in [1.807, 2.05) is 0 Å². The second-order valence-corrected chi connectivity index (χ2v) is 4.79. The van der Waals surface area contributed by atoms with E-state index in [0.29, 0.717) is 28.4 Å². The second-order valence-electron chi connectivity index (χ2n) is 4.00. The average molecular weight is 317 g/mol. The monoisotopic (exact) mass is 316 g/mol. The number of carbonyl (C=O) groups is 1. The molecule has 1 aromatic rings. The third-order valence-electron chi connectivity index (χ3n) is 2.87. The van der Waals surface area contributed by atoms with E-state index in [4.69, 9.17) is 0 Å². The van der Waals surface area contributed by atoms with Gasteiger partial charge in [-0.3, -0.25) is 0 Å². The van der Waals surface area contributed by atoms with Gasteiger partial charge in [0.05, 0.1) is 18.8 Å². The van der Waals surface area contributed by atoms with E-state index in [1.54, 1.807) is 25.1 Å². The predicted molar refractivity (Wildman–Crippen MR) is 71.9 cm³/mol. The van der Waals surface area contributed by atoms with Gasteiger partial charge < -0.3 is 14.9 Å². The van der Waals surface area contributed by atoms with E-state index in [1.165, 1.54) is 7.11 Å². The van der Waals surface area contributed by atoms with Gasteiger partial charge in [0.25, 0.3) is 0 Å². The minimum Gasteiger partial charge on any atom is -0.465 e. The number of esters is 1. The van der Waals surface area contributed by atoms with Crippen molar-refractivity contribution < 1.29 is 19.7 Å². The van der Waals surface area contributed by atoms with Gasteiger partial charge in [-0.15, -0.1) is 0 Å². The van der Waals surface area contributed by atoms with E-state index in [2.05, 4.69) is 20.7 Å². The standard InChI is InChI=1S/C13H17BrO4/c1-8-9(12(16)11(15)6-7-14)4-3-5-10(8)13(17)18-2/h3-5,11-12,15-16H,6-7H2,1-2H3. The fourth-order valence-electron chi connectivity index (χ4n) is 1.78. The summed E-state index contributed by atoms with van der Waals surface area (Å²) in [6.07, 6.45) is -1.44. The van der Waals surface area contributed by atoms with Gasteiger partial charge >= 0.3 is 5.97 Å². The van der Waals surface area contributed by atoms with Gasteiger partial charge in [0, 0.05) is 5.33 Å². The molecule has 0 amide bonds. The summed E-state index contributed by atoms with van der Waals surface area (Å²) in [7, 11) is 1.31. The molecule has 2 unspecified atom stereocenters. The van der Waals surface area contributed by atoms with Crippen LogP contribution in [-0.2, 0) is 4.74 Å². The van der Waals surface area contributed by atoms with Crippen molar-refractivity contribution in [1.82, 2.24) is 0 Å². The zero-order valence-electron chi connectivity index (χ0n) is 10.4. The van der Waals surface area contributed by atoms with Crippen LogP contribution in [0.3, 0.4) is 0 Å². The number of aliphatic hydroxyl groups is 2. The number of rotatable bonds is 5. The number of hydrogen-bond acceptors (Lipinski definition) is 4. The minimum absolute atomic E-state index is 0.403. The lowest BCUT2D eigenvalue weighted by atomic mass is 9.95. The maximum Gasteiger partial charge on any atom is 0.338 e. The van der Waals surface area contributed by atoms with Crippen molar-refractivity contribution in [2.75, 3.05) is 12.4 Å². The molecular weight excluding hydrogens is 300 g/mol. The molecule has 0 aromatic heterocycles. The molecule has 5 heteroatoms. The minimum atomic E-state index is -1.01. The molecule has 0 aliphatic carbocycles. The summed E-state index contributed by atoms with van der Waals surface area (Å²) in [6.45, 7) is 1.73. The molecule has 0 heterocycles. The molecule has 0 fully saturated rings. The molecule has 1 aromatic carbocycles. The van der Waals surface area contributed by atoms with Crippen molar-refractivity contribution in [2.45, 2.75) is 25.6 Å². The summed E-state index contributed by atoms with van der Waals surface area (Å²) in [5.74, 6) is -0.448. The number of halogens is 1. The molecule has 0 spiro atoms. The lowest BCUT2D eigenvalue weighted by Crippen LogP contribution is -2.20. The first-order chi connectivity index (χ1) is 8.52. The number of methoxy groups -OCH3 is 1.